The molecule has 98 valence electrons. The Morgan fingerprint density at radius 3 is 3.00 bits per heavy atom. The van der Waals surface area contributed by atoms with Crippen LogP contribution >= 0.6 is 11.3 Å². The Morgan fingerprint density at radius 1 is 1.21 bits per heavy atom. The van der Waals surface area contributed by atoms with Crippen LogP contribution in [0.25, 0.3) is 0 Å². The predicted molar refractivity (Wildman–Crippen MR) is 77.7 cm³/mol. The summed E-state index contributed by atoms with van der Waals surface area (Å²) in [5, 5.41) is 15.7. The molecule has 0 radical (unpaired) electrons. The number of phenols is 1. The lowest BCUT2D eigenvalue weighted by Gasteiger charge is -2.30. The highest BCUT2D eigenvalue weighted by atomic mass is 32.1. The van der Waals surface area contributed by atoms with Gasteiger partial charge in [-0.2, -0.15) is 0 Å². The van der Waals surface area contributed by atoms with E-state index in [1.165, 1.54) is 28.8 Å². The summed E-state index contributed by atoms with van der Waals surface area (Å²) in [5.74, 6) is 1.49. The van der Waals surface area contributed by atoms with Crippen molar-refractivity contribution in [2.24, 2.45) is 5.92 Å². The van der Waals surface area contributed by atoms with Gasteiger partial charge in [0.25, 0.3) is 0 Å². The third kappa shape index (κ3) is 1.72. The maximum absolute atomic E-state index is 9.83. The van der Waals surface area contributed by atoms with Crippen LogP contribution in [0, 0.1) is 5.92 Å². The summed E-state index contributed by atoms with van der Waals surface area (Å²) in [6, 6.07) is 10.7. The molecule has 3 unspecified atom stereocenters. The van der Waals surface area contributed by atoms with E-state index in [-0.39, 0.29) is 0 Å². The summed E-state index contributed by atoms with van der Waals surface area (Å²) < 4.78 is 0. The molecule has 4 rings (SSSR count). The fourth-order valence-corrected chi connectivity index (χ4v) is 4.71. The van der Waals surface area contributed by atoms with Crippen LogP contribution in [0.1, 0.15) is 40.8 Å². The number of thiophene rings is 1. The van der Waals surface area contributed by atoms with Crippen molar-refractivity contribution in [1.29, 1.82) is 0 Å². The molecule has 1 fully saturated rings. The Labute approximate surface area is 117 Å². The summed E-state index contributed by atoms with van der Waals surface area (Å²) in [6.45, 7) is 1.11. The Kier molecular flexibility index (Phi) is 2.64. The number of rotatable bonds is 1. The summed E-state index contributed by atoms with van der Waals surface area (Å²) in [5.41, 5.74) is 2.72. The van der Waals surface area contributed by atoms with Crippen LogP contribution in [0.4, 0.5) is 0 Å². The number of hydrogen-bond donors (Lipinski definition) is 2. The SMILES string of the molecule is Oc1ccc2c(c1)C(c1cccs1)C1CCCNC21. The second kappa shape index (κ2) is 4.36. The molecule has 1 aliphatic carbocycles. The van der Waals surface area contributed by atoms with E-state index in [2.05, 4.69) is 28.9 Å². The van der Waals surface area contributed by atoms with Gasteiger partial charge in [0.05, 0.1) is 0 Å². The predicted octanol–water partition coefficient (Wildman–Crippen LogP) is 3.64. The first-order chi connectivity index (χ1) is 9.34. The molecule has 19 heavy (non-hydrogen) atoms. The normalized spacial score (nSPS) is 28.9. The molecule has 0 bridgehead atoms. The van der Waals surface area contributed by atoms with Gasteiger partial charge in [0, 0.05) is 16.8 Å². The van der Waals surface area contributed by atoms with Gasteiger partial charge in [-0.3, -0.25) is 0 Å². The summed E-state index contributed by atoms with van der Waals surface area (Å²) in [4.78, 5) is 1.43. The van der Waals surface area contributed by atoms with Gasteiger partial charge in [0.1, 0.15) is 5.75 Å². The van der Waals surface area contributed by atoms with Crippen molar-refractivity contribution < 1.29 is 5.11 Å². The molecular formula is C16H17NOS. The standard InChI is InChI=1S/C16H17NOS/c18-10-5-6-11-13(9-10)15(14-4-2-8-19-14)12-3-1-7-17-16(11)12/h2,4-6,8-9,12,15-18H,1,3,7H2. The van der Waals surface area contributed by atoms with Crippen LogP contribution in [-0.2, 0) is 0 Å². The molecule has 2 N–H and O–H groups in total. The van der Waals surface area contributed by atoms with Crippen LogP contribution in [0.3, 0.4) is 0 Å². The number of piperidine rings is 1. The second-order valence-electron chi connectivity index (χ2n) is 5.54. The van der Waals surface area contributed by atoms with Crippen molar-refractivity contribution in [2.75, 3.05) is 6.54 Å². The monoisotopic (exact) mass is 271 g/mol. The van der Waals surface area contributed by atoms with Crippen LogP contribution in [0.2, 0.25) is 0 Å². The Hall–Kier alpha value is -1.32. The first-order valence-electron chi connectivity index (χ1n) is 6.94. The van der Waals surface area contributed by atoms with Gasteiger partial charge in [0.15, 0.2) is 0 Å². The molecule has 2 nitrogen and oxygen atoms in total. The van der Waals surface area contributed by atoms with Crippen LogP contribution in [0.5, 0.6) is 5.75 Å². The van der Waals surface area contributed by atoms with E-state index in [9.17, 15) is 5.11 Å². The Morgan fingerprint density at radius 2 is 2.16 bits per heavy atom. The second-order valence-corrected chi connectivity index (χ2v) is 6.52. The van der Waals surface area contributed by atoms with Crippen molar-refractivity contribution >= 4 is 11.3 Å². The largest absolute Gasteiger partial charge is 0.508 e. The molecule has 1 saturated heterocycles. The molecule has 0 saturated carbocycles. The van der Waals surface area contributed by atoms with E-state index in [0.717, 1.165) is 6.54 Å². The van der Waals surface area contributed by atoms with E-state index < -0.39 is 0 Å². The Bertz CT molecular complexity index is 593. The molecule has 1 aromatic carbocycles. The molecule has 1 aliphatic heterocycles. The zero-order valence-electron chi connectivity index (χ0n) is 10.7. The first kappa shape index (κ1) is 11.5. The molecule has 2 heterocycles. The third-order valence-electron chi connectivity index (χ3n) is 4.52. The molecule has 2 aliphatic rings. The average molecular weight is 271 g/mol. The number of nitrogens with one attached hydrogen (secondary N) is 1. The maximum Gasteiger partial charge on any atom is 0.115 e. The first-order valence-corrected chi connectivity index (χ1v) is 7.82. The smallest absolute Gasteiger partial charge is 0.115 e. The summed E-state index contributed by atoms with van der Waals surface area (Å²) in [7, 11) is 0. The summed E-state index contributed by atoms with van der Waals surface area (Å²) >= 11 is 1.84. The minimum Gasteiger partial charge on any atom is -0.508 e. The molecule has 3 heteroatoms. The lowest BCUT2D eigenvalue weighted by Crippen LogP contribution is -2.32. The minimum atomic E-state index is 0.388. The van der Waals surface area contributed by atoms with E-state index in [1.54, 1.807) is 0 Å². The van der Waals surface area contributed by atoms with Crippen LogP contribution < -0.4 is 5.32 Å². The van der Waals surface area contributed by atoms with Crippen LogP contribution in [-0.4, -0.2) is 11.7 Å². The quantitative estimate of drug-likeness (QED) is 0.830. The fourth-order valence-electron chi connectivity index (χ4n) is 3.79. The third-order valence-corrected chi connectivity index (χ3v) is 5.48. The highest BCUT2D eigenvalue weighted by Gasteiger charge is 2.42. The van der Waals surface area contributed by atoms with E-state index >= 15 is 0 Å². The highest BCUT2D eigenvalue weighted by Crippen LogP contribution is 2.53. The van der Waals surface area contributed by atoms with E-state index in [0.29, 0.717) is 23.6 Å². The van der Waals surface area contributed by atoms with Gasteiger partial charge < -0.3 is 10.4 Å². The molecule has 3 atom stereocenters. The zero-order valence-corrected chi connectivity index (χ0v) is 11.5. The molecule has 0 spiro atoms. The van der Waals surface area contributed by atoms with Crippen molar-refractivity contribution in [1.82, 2.24) is 5.32 Å². The molecule has 0 amide bonds. The number of phenolic OH excluding ortho intramolecular Hbond substituents is 1. The van der Waals surface area contributed by atoms with Crippen molar-refractivity contribution in [3.05, 3.63) is 51.7 Å². The number of benzene rings is 1. The highest BCUT2D eigenvalue weighted by molar-refractivity contribution is 7.10. The molecule has 1 aromatic heterocycles. The number of fused-ring (bicyclic) bond motifs is 3. The van der Waals surface area contributed by atoms with Crippen molar-refractivity contribution in [3.8, 4) is 5.75 Å². The lowest BCUT2D eigenvalue weighted by atomic mass is 9.84. The van der Waals surface area contributed by atoms with Gasteiger partial charge in [0.2, 0.25) is 0 Å². The minimum absolute atomic E-state index is 0.388. The van der Waals surface area contributed by atoms with E-state index in [1.807, 2.05) is 23.5 Å². The van der Waals surface area contributed by atoms with Crippen molar-refractivity contribution in [3.63, 3.8) is 0 Å². The zero-order chi connectivity index (χ0) is 12.8. The fraction of sp³-hybridized carbons (Fsp3) is 0.375. The topological polar surface area (TPSA) is 32.3 Å². The number of aromatic hydroxyl groups is 1. The van der Waals surface area contributed by atoms with Gasteiger partial charge >= 0.3 is 0 Å². The average Bonchev–Trinajstić information content (AvgIpc) is 3.03. The van der Waals surface area contributed by atoms with Crippen LogP contribution in [0.15, 0.2) is 35.7 Å². The number of hydrogen-bond acceptors (Lipinski definition) is 3. The molecule has 2 aromatic rings. The maximum atomic E-state index is 9.83. The van der Waals surface area contributed by atoms with Gasteiger partial charge in [-0.1, -0.05) is 12.1 Å². The van der Waals surface area contributed by atoms with Gasteiger partial charge in [-0.05, 0) is 60.0 Å². The molecular weight excluding hydrogens is 254 g/mol. The Balaban J connectivity index is 1.87. The van der Waals surface area contributed by atoms with E-state index in [4.69, 9.17) is 0 Å². The summed E-state index contributed by atoms with van der Waals surface area (Å²) in [6.07, 6.45) is 2.53. The lowest BCUT2D eigenvalue weighted by molar-refractivity contribution is 0.288. The van der Waals surface area contributed by atoms with Gasteiger partial charge in [-0.15, -0.1) is 11.3 Å². The van der Waals surface area contributed by atoms with Gasteiger partial charge in [-0.25, -0.2) is 0 Å². The van der Waals surface area contributed by atoms with Crippen molar-refractivity contribution in [2.45, 2.75) is 24.8 Å².